The third kappa shape index (κ3) is 5.26. The zero-order chi connectivity index (χ0) is 13.1. The second-order valence-electron chi connectivity index (χ2n) is 3.00. The van der Waals surface area contributed by atoms with Gasteiger partial charge in [-0.1, -0.05) is 11.6 Å². The van der Waals surface area contributed by atoms with Crippen LogP contribution in [0.5, 0.6) is 5.75 Å². The molecule has 1 aromatic rings. The zero-order valence-corrected chi connectivity index (χ0v) is 9.05. The molecule has 0 unspecified atom stereocenters. The van der Waals surface area contributed by atoms with Gasteiger partial charge in [-0.3, -0.25) is 4.79 Å². The highest BCUT2D eigenvalue weighted by atomic mass is 35.5. The lowest BCUT2D eigenvalue weighted by atomic mass is 10.2. The fourth-order valence-electron chi connectivity index (χ4n) is 1.05. The second kappa shape index (κ2) is 5.09. The summed E-state index contributed by atoms with van der Waals surface area (Å²) in [6.45, 7) is 0. The summed E-state index contributed by atoms with van der Waals surface area (Å²) in [4.78, 5) is 10.5. The average Bonchev–Trinajstić information content (AvgIpc) is 2.10. The van der Waals surface area contributed by atoms with Crippen LogP contribution in [-0.4, -0.2) is 12.3 Å². The van der Waals surface area contributed by atoms with E-state index in [1.807, 2.05) is 0 Å². The van der Waals surface area contributed by atoms with E-state index < -0.39 is 18.0 Å². The number of ether oxygens (including phenoxy) is 1. The predicted octanol–water partition coefficient (Wildman–Crippen LogP) is 2.74. The first kappa shape index (κ1) is 13.4. The van der Waals surface area contributed by atoms with Gasteiger partial charge in [0.25, 0.3) is 0 Å². The van der Waals surface area contributed by atoms with E-state index in [0.29, 0.717) is 0 Å². The van der Waals surface area contributed by atoms with Crippen LogP contribution in [0.4, 0.5) is 13.2 Å². The third-order valence-electron chi connectivity index (χ3n) is 1.57. The highest BCUT2D eigenvalue weighted by molar-refractivity contribution is 6.30. The van der Waals surface area contributed by atoms with Crippen LogP contribution in [-0.2, 0) is 4.79 Å². The van der Waals surface area contributed by atoms with Crippen molar-refractivity contribution in [2.45, 2.75) is 6.36 Å². The van der Waals surface area contributed by atoms with Gasteiger partial charge in [0.2, 0.25) is 5.91 Å². The maximum Gasteiger partial charge on any atom is 0.573 e. The molecule has 0 saturated carbocycles. The number of halogens is 4. The molecule has 0 aliphatic carbocycles. The predicted molar refractivity (Wildman–Crippen MR) is 56.4 cm³/mol. The molecule has 0 aliphatic rings. The molecule has 0 saturated heterocycles. The Morgan fingerprint density at radius 1 is 1.35 bits per heavy atom. The van der Waals surface area contributed by atoms with E-state index in [4.69, 9.17) is 17.3 Å². The Morgan fingerprint density at radius 3 is 2.53 bits per heavy atom. The second-order valence-corrected chi connectivity index (χ2v) is 3.44. The Morgan fingerprint density at radius 2 is 2.00 bits per heavy atom. The van der Waals surface area contributed by atoms with Crippen molar-refractivity contribution in [3.63, 3.8) is 0 Å². The van der Waals surface area contributed by atoms with Gasteiger partial charge in [-0.25, -0.2) is 0 Å². The van der Waals surface area contributed by atoms with E-state index in [1.54, 1.807) is 0 Å². The van der Waals surface area contributed by atoms with Crippen LogP contribution in [0.3, 0.4) is 0 Å². The number of benzene rings is 1. The van der Waals surface area contributed by atoms with Crippen molar-refractivity contribution in [1.82, 2.24) is 0 Å². The summed E-state index contributed by atoms with van der Waals surface area (Å²) < 4.78 is 39.6. The Balaban J connectivity index is 2.98. The highest BCUT2D eigenvalue weighted by Gasteiger charge is 2.31. The molecular formula is C10H7ClF3NO2. The highest BCUT2D eigenvalue weighted by Crippen LogP contribution is 2.27. The minimum Gasteiger partial charge on any atom is -0.406 e. The van der Waals surface area contributed by atoms with Crippen LogP contribution < -0.4 is 10.5 Å². The van der Waals surface area contributed by atoms with Crippen LogP contribution in [0.25, 0.3) is 6.08 Å². The summed E-state index contributed by atoms with van der Waals surface area (Å²) in [5.74, 6) is -1.18. The standard InChI is InChI=1S/C10H7ClF3NO2/c11-7-3-6(1-2-9(15)16)4-8(5-7)17-10(12,13)14/h1-5H,(H2,15,16)/b2-1-. The summed E-state index contributed by atoms with van der Waals surface area (Å²) in [5.41, 5.74) is 5.12. The number of hydrogen-bond acceptors (Lipinski definition) is 2. The van der Waals surface area contributed by atoms with Crippen molar-refractivity contribution in [2.75, 3.05) is 0 Å². The Bertz CT molecular complexity index is 457. The molecule has 0 spiro atoms. The van der Waals surface area contributed by atoms with Gasteiger partial charge < -0.3 is 10.5 Å². The fourth-order valence-corrected chi connectivity index (χ4v) is 1.29. The van der Waals surface area contributed by atoms with E-state index in [9.17, 15) is 18.0 Å². The first-order valence-electron chi connectivity index (χ1n) is 4.30. The average molecular weight is 266 g/mol. The molecule has 0 fully saturated rings. The van der Waals surface area contributed by atoms with Crippen molar-refractivity contribution in [3.05, 3.63) is 34.9 Å². The van der Waals surface area contributed by atoms with Gasteiger partial charge in [0, 0.05) is 11.1 Å². The van der Waals surface area contributed by atoms with Gasteiger partial charge in [0.1, 0.15) is 5.75 Å². The van der Waals surface area contributed by atoms with Crippen LogP contribution in [0.15, 0.2) is 24.3 Å². The summed E-state index contributed by atoms with van der Waals surface area (Å²) >= 11 is 5.60. The van der Waals surface area contributed by atoms with Gasteiger partial charge in [-0.05, 0) is 29.8 Å². The van der Waals surface area contributed by atoms with Crippen LogP contribution in [0.1, 0.15) is 5.56 Å². The smallest absolute Gasteiger partial charge is 0.406 e. The summed E-state index contributed by atoms with van der Waals surface area (Å²) in [6.07, 6.45) is -2.56. The van der Waals surface area contributed by atoms with Crippen molar-refractivity contribution in [3.8, 4) is 5.75 Å². The zero-order valence-electron chi connectivity index (χ0n) is 8.29. The number of hydrogen-bond donors (Lipinski definition) is 1. The molecule has 7 heteroatoms. The van der Waals surface area contributed by atoms with Crippen LogP contribution in [0, 0.1) is 0 Å². The van der Waals surface area contributed by atoms with E-state index in [2.05, 4.69) is 4.74 Å². The third-order valence-corrected chi connectivity index (χ3v) is 1.79. The Hall–Kier alpha value is -1.69. The maximum absolute atomic E-state index is 12.0. The van der Waals surface area contributed by atoms with E-state index in [-0.39, 0.29) is 10.6 Å². The molecule has 0 aromatic heterocycles. The number of carbonyl (C=O) groups is 1. The maximum atomic E-state index is 12.0. The molecule has 0 radical (unpaired) electrons. The van der Waals surface area contributed by atoms with Crippen molar-refractivity contribution >= 4 is 23.6 Å². The molecule has 17 heavy (non-hydrogen) atoms. The van der Waals surface area contributed by atoms with E-state index in [1.165, 1.54) is 12.1 Å². The molecule has 0 atom stereocenters. The number of amides is 1. The molecule has 0 heterocycles. The lowest BCUT2D eigenvalue weighted by molar-refractivity contribution is -0.274. The lowest BCUT2D eigenvalue weighted by Gasteiger charge is -2.09. The van der Waals surface area contributed by atoms with E-state index >= 15 is 0 Å². The van der Waals surface area contributed by atoms with Gasteiger partial charge >= 0.3 is 6.36 Å². The first-order chi connectivity index (χ1) is 7.76. The number of rotatable bonds is 3. The first-order valence-corrected chi connectivity index (χ1v) is 4.68. The van der Waals surface area contributed by atoms with Crippen LogP contribution in [0.2, 0.25) is 5.02 Å². The molecule has 0 bridgehead atoms. The normalized spacial score (nSPS) is 11.8. The van der Waals surface area contributed by atoms with Crippen molar-refractivity contribution < 1.29 is 22.7 Å². The van der Waals surface area contributed by atoms with E-state index in [0.717, 1.165) is 18.2 Å². The summed E-state index contributed by atoms with van der Waals surface area (Å²) in [5, 5.41) is 0.0517. The molecular weight excluding hydrogens is 259 g/mol. The summed E-state index contributed by atoms with van der Waals surface area (Å²) in [6, 6.07) is 3.46. The minimum absolute atomic E-state index is 0.0517. The Labute approximate surface area is 99.6 Å². The molecule has 1 aromatic carbocycles. The van der Waals surface area contributed by atoms with Crippen molar-refractivity contribution in [2.24, 2.45) is 5.73 Å². The molecule has 92 valence electrons. The quantitative estimate of drug-likeness (QED) is 0.855. The largest absolute Gasteiger partial charge is 0.573 e. The van der Waals surface area contributed by atoms with Gasteiger partial charge in [-0.15, -0.1) is 13.2 Å². The SMILES string of the molecule is NC(=O)/C=C\c1cc(Cl)cc(OC(F)(F)F)c1. The van der Waals surface area contributed by atoms with Crippen molar-refractivity contribution in [1.29, 1.82) is 0 Å². The lowest BCUT2D eigenvalue weighted by Crippen LogP contribution is -2.17. The number of alkyl halides is 3. The monoisotopic (exact) mass is 265 g/mol. The van der Waals surface area contributed by atoms with Gasteiger partial charge in [0.05, 0.1) is 0 Å². The van der Waals surface area contributed by atoms with Gasteiger partial charge in [0.15, 0.2) is 0 Å². The number of carbonyl (C=O) groups excluding carboxylic acids is 1. The fraction of sp³-hybridized carbons (Fsp3) is 0.100. The Kier molecular flexibility index (Phi) is 4.01. The molecule has 2 N–H and O–H groups in total. The molecule has 3 nitrogen and oxygen atoms in total. The molecule has 1 amide bonds. The molecule has 1 rings (SSSR count). The molecule has 0 aliphatic heterocycles. The minimum atomic E-state index is -4.80. The van der Waals surface area contributed by atoms with Crippen LogP contribution >= 0.6 is 11.6 Å². The van der Waals surface area contributed by atoms with Gasteiger partial charge in [-0.2, -0.15) is 0 Å². The summed E-state index contributed by atoms with van der Waals surface area (Å²) in [7, 11) is 0. The number of primary amides is 1. The number of nitrogens with two attached hydrogens (primary N) is 1. The topological polar surface area (TPSA) is 52.3 Å².